The fraction of sp³-hybridized carbons (Fsp3) is 0.333. The van der Waals surface area contributed by atoms with Crippen LogP contribution in [0.2, 0.25) is 0 Å². The Kier molecular flexibility index (Phi) is 7.11. The molecule has 1 atom stereocenters. The molecule has 0 saturated carbocycles. The number of aliphatic hydroxyl groups is 1. The molecule has 0 aliphatic heterocycles. The minimum atomic E-state index is -4.54. The van der Waals surface area contributed by atoms with Gasteiger partial charge >= 0.3 is 12.1 Å². The van der Waals surface area contributed by atoms with Crippen LogP contribution in [-0.2, 0) is 20.5 Å². The van der Waals surface area contributed by atoms with E-state index in [1.807, 2.05) is 0 Å². The van der Waals surface area contributed by atoms with Gasteiger partial charge in [-0.3, -0.25) is 4.79 Å². The van der Waals surface area contributed by atoms with E-state index in [9.17, 15) is 27.9 Å². The van der Waals surface area contributed by atoms with E-state index in [1.54, 1.807) is 20.8 Å². The predicted molar refractivity (Wildman–Crippen MR) is 112 cm³/mol. The van der Waals surface area contributed by atoms with E-state index in [2.05, 4.69) is 4.74 Å². The van der Waals surface area contributed by atoms with E-state index in [-0.39, 0.29) is 23.3 Å². The molecule has 1 aliphatic rings. The van der Waals surface area contributed by atoms with E-state index < -0.39 is 28.7 Å². The average Bonchev–Trinajstić information content (AvgIpc) is 2.67. The Bertz CT molecular complexity index is 981. The molecule has 0 radical (unpaired) electrons. The Morgan fingerprint density at radius 3 is 2.45 bits per heavy atom. The molecule has 0 heterocycles. The Balaban J connectivity index is 2.51. The molecule has 0 unspecified atom stereocenters. The van der Waals surface area contributed by atoms with Crippen molar-refractivity contribution in [3.8, 4) is 0 Å². The first-order chi connectivity index (χ1) is 14.3. The third kappa shape index (κ3) is 5.61. The van der Waals surface area contributed by atoms with Crippen LogP contribution in [0.5, 0.6) is 0 Å². The summed E-state index contributed by atoms with van der Waals surface area (Å²) in [5.74, 6) is -0.805. The third-order valence-corrected chi connectivity index (χ3v) is 5.25. The molecular formula is C24H25F3O4. The molecule has 0 amide bonds. The van der Waals surface area contributed by atoms with Crippen LogP contribution in [0.15, 0.2) is 65.8 Å². The van der Waals surface area contributed by atoms with Gasteiger partial charge in [-0.1, -0.05) is 50.3 Å². The number of rotatable bonds is 5. The summed E-state index contributed by atoms with van der Waals surface area (Å²) in [6.07, 6.45) is 3.50. The largest absolute Gasteiger partial charge is 0.466 e. The molecule has 0 spiro atoms. The smallest absolute Gasteiger partial charge is 0.416 e. The summed E-state index contributed by atoms with van der Waals surface area (Å²) < 4.78 is 44.4. The summed E-state index contributed by atoms with van der Waals surface area (Å²) in [5.41, 5.74) is -2.84. The number of esters is 1. The summed E-state index contributed by atoms with van der Waals surface area (Å²) in [5, 5.41) is 11.5. The summed E-state index contributed by atoms with van der Waals surface area (Å²) in [6.45, 7) is 5.02. The summed E-state index contributed by atoms with van der Waals surface area (Å²) in [4.78, 5) is 23.6. The molecule has 7 heteroatoms. The third-order valence-electron chi connectivity index (χ3n) is 5.25. The predicted octanol–water partition coefficient (Wildman–Crippen LogP) is 5.05. The molecule has 1 aromatic carbocycles. The van der Waals surface area contributed by atoms with Crippen LogP contribution in [0.4, 0.5) is 13.2 Å². The van der Waals surface area contributed by atoms with Crippen molar-refractivity contribution in [2.45, 2.75) is 39.0 Å². The molecule has 1 aromatic rings. The Morgan fingerprint density at radius 1 is 1.19 bits per heavy atom. The maximum Gasteiger partial charge on any atom is 0.416 e. The number of hydrogen-bond acceptors (Lipinski definition) is 4. The van der Waals surface area contributed by atoms with Crippen LogP contribution in [0.1, 0.15) is 38.3 Å². The molecule has 0 aromatic heterocycles. The number of carbonyl (C=O) groups is 2. The number of ether oxygens (including phenoxy) is 1. The molecule has 31 heavy (non-hydrogen) atoms. The number of methoxy groups -OCH3 is 1. The lowest BCUT2D eigenvalue weighted by molar-refractivity contribution is -0.138. The quantitative estimate of drug-likeness (QED) is 0.400. The molecule has 0 fully saturated rings. The second kappa shape index (κ2) is 9.06. The molecule has 1 aliphatic carbocycles. The maximum absolute atomic E-state index is 13.3. The highest BCUT2D eigenvalue weighted by Crippen LogP contribution is 2.45. The average molecular weight is 434 g/mol. The zero-order valence-corrected chi connectivity index (χ0v) is 17.8. The first kappa shape index (κ1) is 24.3. The fourth-order valence-electron chi connectivity index (χ4n) is 3.42. The first-order valence-electron chi connectivity index (χ1n) is 9.57. The van der Waals surface area contributed by atoms with Crippen molar-refractivity contribution in [1.82, 2.24) is 0 Å². The van der Waals surface area contributed by atoms with Crippen LogP contribution < -0.4 is 0 Å². The van der Waals surface area contributed by atoms with Crippen LogP contribution in [-0.4, -0.2) is 29.6 Å². The van der Waals surface area contributed by atoms with Crippen LogP contribution in [0, 0.1) is 5.41 Å². The molecule has 166 valence electrons. The lowest BCUT2D eigenvalue weighted by atomic mass is 9.64. The van der Waals surface area contributed by atoms with Gasteiger partial charge in [-0.15, -0.1) is 0 Å². The summed E-state index contributed by atoms with van der Waals surface area (Å²) in [7, 11) is 1.24. The molecular weight excluding hydrogens is 409 g/mol. The number of halogens is 3. The fourth-order valence-corrected chi connectivity index (χ4v) is 3.42. The normalized spacial score (nSPS) is 22.1. The van der Waals surface area contributed by atoms with Gasteiger partial charge in [-0.2, -0.15) is 13.2 Å². The van der Waals surface area contributed by atoms with Crippen molar-refractivity contribution in [1.29, 1.82) is 0 Å². The maximum atomic E-state index is 13.3. The monoisotopic (exact) mass is 434 g/mol. The second-order valence-corrected chi connectivity index (χ2v) is 8.06. The van der Waals surface area contributed by atoms with E-state index in [4.69, 9.17) is 0 Å². The number of allylic oxidation sites excluding steroid dienone is 3. The highest BCUT2D eigenvalue weighted by molar-refractivity contribution is 5.94. The number of carbonyl (C=O) groups excluding carboxylic acids is 2. The van der Waals surface area contributed by atoms with E-state index in [0.717, 1.165) is 6.07 Å². The number of alkyl halides is 3. The van der Waals surface area contributed by atoms with Gasteiger partial charge in [-0.05, 0) is 41.9 Å². The summed E-state index contributed by atoms with van der Waals surface area (Å²) in [6, 6.07) is 5.05. The minimum absolute atomic E-state index is 0.0457. The van der Waals surface area contributed by atoms with E-state index >= 15 is 0 Å². The minimum Gasteiger partial charge on any atom is -0.466 e. The van der Waals surface area contributed by atoms with Gasteiger partial charge in [0, 0.05) is 17.9 Å². The number of ketones is 1. The van der Waals surface area contributed by atoms with Crippen molar-refractivity contribution < 1.29 is 32.6 Å². The standard InChI is InChI=1S/C24H25F3O4/c1-16(13-21(29)31-4)11-12-23(30)18(14-19(28)15-22(23,2)3)10-9-17-7-5-6-8-20(17)24(25,26)27/h5-14,30H,15H2,1-4H3/b10-9+,12-11+,16-13-/t23-/m1/s1. The zero-order valence-electron chi connectivity index (χ0n) is 17.8. The SMILES string of the molecule is COC(=O)/C=C(C)\C=C\[C@@]1(O)C(/C=C/c2ccccc2C(F)(F)F)=CC(=O)CC1(C)C. The number of benzene rings is 1. The second-order valence-electron chi connectivity index (χ2n) is 8.06. The van der Waals surface area contributed by atoms with Crippen LogP contribution in [0.3, 0.4) is 0 Å². The van der Waals surface area contributed by atoms with Crippen molar-refractivity contribution in [2.24, 2.45) is 5.41 Å². The van der Waals surface area contributed by atoms with E-state index in [0.29, 0.717) is 5.57 Å². The topological polar surface area (TPSA) is 63.6 Å². The van der Waals surface area contributed by atoms with Gasteiger partial charge < -0.3 is 9.84 Å². The highest BCUT2D eigenvalue weighted by atomic mass is 19.4. The first-order valence-corrected chi connectivity index (χ1v) is 9.57. The van der Waals surface area contributed by atoms with Gasteiger partial charge in [0.2, 0.25) is 0 Å². The molecule has 1 N–H and O–H groups in total. The summed E-state index contributed by atoms with van der Waals surface area (Å²) >= 11 is 0. The lowest BCUT2D eigenvalue weighted by Gasteiger charge is -2.44. The Labute approximate surface area is 179 Å². The molecule has 0 bridgehead atoms. The molecule has 2 rings (SSSR count). The molecule has 4 nitrogen and oxygen atoms in total. The highest BCUT2D eigenvalue weighted by Gasteiger charge is 2.47. The van der Waals surface area contributed by atoms with Crippen molar-refractivity contribution in [3.05, 3.63) is 76.9 Å². The van der Waals surface area contributed by atoms with Crippen molar-refractivity contribution in [3.63, 3.8) is 0 Å². The Morgan fingerprint density at radius 2 is 1.84 bits per heavy atom. The van der Waals surface area contributed by atoms with Crippen LogP contribution >= 0.6 is 0 Å². The van der Waals surface area contributed by atoms with E-state index in [1.165, 1.54) is 61.8 Å². The van der Waals surface area contributed by atoms with Gasteiger partial charge in [0.1, 0.15) is 5.60 Å². The number of hydrogen-bond donors (Lipinski definition) is 1. The van der Waals surface area contributed by atoms with Gasteiger partial charge in [0.25, 0.3) is 0 Å². The lowest BCUT2D eigenvalue weighted by Crippen LogP contribution is -2.48. The van der Waals surface area contributed by atoms with Crippen molar-refractivity contribution in [2.75, 3.05) is 7.11 Å². The van der Waals surface area contributed by atoms with Gasteiger partial charge in [0.05, 0.1) is 12.7 Å². The van der Waals surface area contributed by atoms with Gasteiger partial charge in [0.15, 0.2) is 5.78 Å². The van der Waals surface area contributed by atoms with Crippen LogP contribution in [0.25, 0.3) is 6.08 Å². The van der Waals surface area contributed by atoms with Gasteiger partial charge in [-0.25, -0.2) is 4.79 Å². The Hall–Kier alpha value is -2.93. The molecule has 0 saturated heterocycles. The van der Waals surface area contributed by atoms with Crippen molar-refractivity contribution >= 4 is 17.8 Å². The zero-order chi connectivity index (χ0) is 23.4.